The fourth-order valence-corrected chi connectivity index (χ4v) is 1.69. The first-order valence-electron chi connectivity index (χ1n) is 6.07. The van der Waals surface area contributed by atoms with E-state index in [1.807, 2.05) is 18.2 Å². The van der Waals surface area contributed by atoms with Crippen molar-refractivity contribution in [2.45, 2.75) is 13.5 Å². The topological polar surface area (TPSA) is 39.7 Å². The van der Waals surface area contributed by atoms with E-state index < -0.39 is 0 Å². The molecule has 0 aliphatic carbocycles. The molecule has 1 aromatic rings. The van der Waals surface area contributed by atoms with Gasteiger partial charge >= 0.3 is 0 Å². The molecule has 94 valence electrons. The molecule has 17 heavy (non-hydrogen) atoms. The van der Waals surface area contributed by atoms with E-state index in [9.17, 15) is 0 Å². The molecule has 4 nitrogen and oxygen atoms in total. The molecule has 0 atom stereocenters. The Morgan fingerprint density at radius 2 is 2.06 bits per heavy atom. The van der Waals surface area contributed by atoms with E-state index in [1.54, 1.807) is 0 Å². The molecule has 1 N–H and O–H groups in total. The van der Waals surface area contributed by atoms with Gasteiger partial charge in [-0.15, -0.1) is 0 Å². The van der Waals surface area contributed by atoms with Crippen LogP contribution in [0.25, 0.3) is 0 Å². The van der Waals surface area contributed by atoms with E-state index in [0.29, 0.717) is 19.8 Å². The van der Waals surface area contributed by atoms with Crippen LogP contribution < -0.4 is 14.8 Å². The number of likely N-dealkylation sites (N-methyl/N-ethyl adjacent to an activating group) is 1. The van der Waals surface area contributed by atoms with Gasteiger partial charge in [0.25, 0.3) is 0 Å². The van der Waals surface area contributed by atoms with Crippen LogP contribution in [0.1, 0.15) is 12.5 Å². The zero-order chi connectivity index (χ0) is 11.9. The normalized spacial score (nSPS) is 13.7. The Morgan fingerprint density at radius 3 is 2.88 bits per heavy atom. The Bertz CT molecular complexity index is 355. The number of ether oxygens (including phenoxy) is 3. The summed E-state index contributed by atoms with van der Waals surface area (Å²) in [5.41, 5.74) is 1.12. The number of rotatable bonds is 6. The largest absolute Gasteiger partial charge is 0.486 e. The molecular weight excluding hydrogens is 218 g/mol. The van der Waals surface area contributed by atoms with Gasteiger partial charge in [-0.05, 0) is 24.2 Å². The van der Waals surface area contributed by atoms with Gasteiger partial charge in [0.1, 0.15) is 13.2 Å². The van der Waals surface area contributed by atoms with E-state index in [0.717, 1.165) is 36.8 Å². The van der Waals surface area contributed by atoms with E-state index in [2.05, 4.69) is 12.2 Å². The molecule has 0 fully saturated rings. The smallest absolute Gasteiger partial charge is 0.161 e. The Hall–Kier alpha value is -1.26. The Kier molecular flexibility index (Phi) is 4.64. The van der Waals surface area contributed by atoms with Crippen molar-refractivity contribution in [1.29, 1.82) is 0 Å². The molecular formula is C13H19NO3. The highest BCUT2D eigenvalue weighted by Gasteiger charge is 2.11. The second-order valence-corrected chi connectivity index (χ2v) is 3.88. The third-order valence-corrected chi connectivity index (χ3v) is 2.55. The molecule has 0 saturated carbocycles. The van der Waals surface area contributed by atoms with Gasteiger partial charge in [0.05, 0.1) is 13.2 Å². The monoisotopic (exact) mass is 237 g/mol. The minimum absolute atomic E-state index is 0.613. The molecule has 2 rings (SSSR count). The lowest BCUT2D eigenvalue weighted by Gasteiger charge is -2.18. The maximum absolute atomic E-state index is 5.55. The minimum Gasteiger partial charge on any atom is -0.486 e. The molecule has 0 aromatic heterocycles. The first kappa shape index (κ1) is 12.2. The second-order valence-electron chi connectivity index (χ2n) is 3.88. The van der Waals surface area contributed by atoms with Gasteiger partial charge in [-0.2, -0.15) is 0 Å². The average Bonchev–Trinajstić information content (AvgIpc) is 2.38. The third-order valence-electron chi connectivity index (χ3n) is 2.55. The summed E-state index contributed by atoms with van der Waals surface area (Å²) in [6.07, 6.45) is 0. The molecule has 1 aliphatic heterocycles. The van der Waals surface area contributed by atoms with Crippen LogP contribution in [0.3, 0.4) is 0 Å². The quantitative estimate of drug-likeness (QED) is 0.763. The maximum Gasteiger partial charge on any atom is 0.161 e. The van der Waals surface area contributed by atoms with Crippen LogP contribution in [-0.4, -0.2) is 32.9 Å². The van der Waals surface area contributed by atoms with E-state index >= 15 is 0 Å². The second kappa shape index (κ2) is 6.47. The van der Waals surface area contributed by atoms with Gasteiger partial charge in [0.2, 0.25) is 0 Å². The lowest BCUT2D eigenvalue weighted by atomic mass is 10.2. The van der Waals surface area contributed by atoms with Crippen LogP contribution in [-0.2, 0) is 11.3 Å². The van der Waals surface area contributed by atoms with Crippen molar-refractivity contribution in [2.24, 2.45) is 0 Å². The molecule has 0 saturated heterocycles. The standard InChI is InChI=1S/C13H19NO3/c1-2-14-5-6-15-10-11-3-4-12-13(9-11)17-8-7-16-12/h3-4,9,14H,2,5-8,10H2,1H3. The molecule has 0 radical (unpaired) electrons. The van der Waals surface area contributed by atoms with Crippen LogP contribution in [0.15, 0.2) is 18.2 Å². The van der Waals surface area contributed by atoms with Crippen molar-refractivity contribution in [3.63, 3.8) is 0 Å². The fourth-order valence-electron chi connectivity index (χ4n) is 1.69. The zero-order valence-electron chi connectivity index (χ0n) is 10.2. The van der Waals surface area contributed by atoms with Gasteiger partial charge < -0.3 is 19.5 Å². The molecule has 0 unspecified atom stereocenters. The molecule has 0 amide bonds. The van der Waals surface area contributed by atoms with Gasteiger partial charge in [0, 0.05) is 6.54 Å². The zero-order valence-corrected chi connectivity index (χ0v) is 10.2. The summed E-state index contributed by atoms with van der Waals surface area (Å²) >= 11 is 0. The first-order chi connectivity index (χ1) is 8.40. The summed E-state index contributed by atoms with van der Waals surface area (Å²) in [4.78, 5) is 0. The summed E-state index contributed by atoms with van der Waals surface area (Å²) in [6.45, 7) is 6.54. The van der Waals surface area contributed by atoms with Gasteiger partial charge in [-0.3, -0.25) is 0 Å². The van der Waals surface area contributed by atoms with Crippen molar-refractivity contribution in [3.05, 3.63) is 23.8 Å². The van der Waals surface area contributed by atoms with Gasteiger partial charge in [0.15, 0.2) is 11.5 Å². The minimum atomic E-state index is 0.613. The lowest BCUT2D eigenvalue weighted by molar-refractivity contribution is 0.122. The predicted octanol–water partition coefficient (Wildman–Crippen LogP) is 1.58. The van der Waals surface area contributed by atoms with E-state index in [-0.39, 0.29) is 0 Å². The average molecular weight is 237 g/mol. The summed E-state index contributed by atoms with van der Waals surface area (Å²) in [5, 5.41) is 3.21. The Balaban J connectivity index is 1.81. The highest BCUT2D eigenvalue weighted by molar-refractivity contribution is 5.43. The number of hydrogen-bond acceptors (Lipinski definition) is 4. The Labute approximate surface area is 102 Å². The molecule has 1 heterocycles. The summed E-state index contributed by atoms with van der Waals surface area (Å²) in [6, 6.07) is 5.94. The first-order valence-corrected chi connectivity index (χ1v) is 6.07. The van der Waals surface area contributed by atoms with Gasteiger partial charge in [-0.1, -0.05) is 13.0 Å². The van der Waals surface area contributed by atoms with Crippen LogP contribution in [0.5, 0.6) is 11.5 Å². The Morgan fingerprint density at radius 1 is 1.24 bits per heavy atom. The maximum atomic E-state index is 5.55. The van der Waals surface area contributed by atoms with Crippen molar-refractivity contribution in [3.8, 4) is 11.5 Å². The molecule has 1 aliphatic rings. The van der Waals surface area contributed by atoms with Crippen molar-refractivity contribution < 1.29 is 14.2 Å². The fraction of sp³-hybridized carbons (Fsp3) is 0.538. The highest BCUT2D eigenvalue weighted by Crippen LogP contribution is 2.30. The molecule has 0 bridgehead atoms. The number of fused-ring (bicyclic) bond motifs is 1. The number of nitrogens with one attached hydrogen (secondary N) is 1. The van der Waals surface area contributed by atoms with Crippen molar-refractivity contribution in [2.75, 3.05) is 32.9 Å². The predicted molar refractivity (Wildman–Crippen MR) is 65.6 cm³/mol. The number of hydrogen-bond donors (Lipinski definition) is 1. The van der Waals surface area contributed by atoms with E-state index in [4.69, 9.17) is 14.2 Å². The molecule has 0 spiro atoms. The van der Waals surface area contributed by atoms with Crippen LogP contribution in [0, 0.1) is 0 Å². The molecule has 4 heteroatoms. The third kappa shape index (κ3) is 3.61. The van der Waals surface area contributed by atoms with Crippen LogP contribution in [0.4, 0.5) is 0 Å². The van der Waals surface area contributed by atoms with Crippen molar-refractivity contribution >= 4 is 0 Å². The van der Waals surface area contributed by atoms with Crippen molar-refractivity contribution in [1.82, 2.24) is 5.32 Å². The molecule has 1 aromatic carbocycles. The summed E-state index contributed by atoms with van der Waals surface area (Å²) in [5.74, 6) is 1.65. The highest BCUT2D eigenvalue weighted by atomic mass is 16.6. The van der Waals surface area contributed by atoms with E-state index in [1.165, 1.54) is 0 Å². The SMILES string of the molecule is CCNCCOCc1ccc2c(c1)OCCO2. The summed E-state index contributed by atoms with van der Waals surface area (Å²) < 4.78 is 16.5. The summed E-state index contributed by atoms with van der Waals surface area (Å²) in [7, 11) is 0. The van der Waals surface area contributed by atoms with Crippen LogP contribution >= 0.6 is 0 Å². The van der Waals surface area contributed by atoms with Crippen LogP contribution in [0.2, 0.25) is 0 Å². The lowest BCUT2D eigenvalue weighted by Crippen LogP contribution is -2.19. The van der Waals surface area contributed by atoms with Gasteiger partial charge in [-0.25, -0.2) is 0 Å². The number of benzene rings is 1.